The van der Waals surface area contributed by atoms with Gasteiger partial charge >= 0.3 is 0 Å². The molecule has 20 heavy (non-hydrogen) atoms. The Morgan fingerprint density at radius 1 is 1.35 bits per heavy atom. The smallest absolute Gasteiger partial charge is 0.126 e. The lowest BCUT2D eigenvalue weighted by atomic mass is 10.0. The largest absolute Gasteiger partial charge is 0.271 e. The molecule has 0 aliphatic rings. The first-order valence-electron chi connectivity index (χ1n) is 6.95. The van der Waals surface area contributed by atoms with Gasteiger partial charge in [-0.05, 0) is 37.5 Å². The van der Waals surface area contributed by atoms with E-state index in [2.05, 4.69) is 17.4 Å². The molecule has 3 N–H and O–H groups in total. The van der Waals surface area contributed by atoms with Crippen molar-refractivity contribution in [3.63, 3.8) is 0 Å². The second-order valence-electron chi connectivity index (χ2n) is 4.74. The Bertz CT molecular complexity index is 565. The molecule has 0 saturated heterocycles. The second-order valence-corrected chi connectivity index (χ2v) is 4.74. The molecule has 1 heterocycles. The average Bonchev–Trinajstić information content (AvgIpc) is 2.89. The molecule has 108 valence electrons. The molecule has 2 rings (SSSR count). The van der Waals surface area contributed by atoms with E-state index in [1.807, 2.05) is 23.7 Å². The third-order valence-corrected chi connectivity index (χ3v) is 3.46. The molecular weight excluding hydrogens is 255 g/mol. The normalized spacial score (nSPS) is 12.6. The van der Waals surface area contributed by atoms with Crippen molar-refractivity contribution >= 4 is 0 Å². The number of benzene rings is 1. The van der Waals surface area contributed by atoms with E-state index in [1.165, 1.54) is 6.07 Å². The Labute approximate surface area is 118 Å². The molecule has 2 aromatic rings. The van der Waals surface area contributed by atoms with Crippen LogP contribution in [0.4, 0.5) is 4.39 Å². The van der Waals surface area contributed by atoms with Gasteiger partial charge in [-0.2, -0.15) is 5.10 Å². The molecule has 1 atom stereocenters. The molecule has 1 aromatic carbocycles. The van der Waals surface area contributed by atoms with E-state index >= 15 is 0 Å². The SMILES string of the molecule is CCc1cc(C(Cc2ccccc2F)NN)n(CC)n1. The molecule has 1 aromatic heterocycles. The highest BCUT2D eigenvalue weighted by Crippen LogP contribution is 2.21. The van der Waals surface area contributed by atoms with Crippen LogP contribution < -0.4 is 11.3 Å². The van der Waals surface area contributed by atoms with Gasteiger partial charge in [0.05, 0.1) is 17.4 Å². The summed E-state index contributed by atoms with van der Waals surface area (Å²) in [6, 6.07) is 8.66. The van der Waals surface area contributed by atoms with Gasteiger partial charge < -0.3 is 0 Å². The summed E-state index contributed by atoms with van der Waals surface area (Å²) < 4.78 is 15.7. The van der Waals surface area contributed by atoms with Crippen molar-refractivity contribution in [1.82, 2.24) is 15.2 Å². The van der Waals surface area contributed by atoms with Gasteiger partial charge in [0.1, 0.15) is 5.82 Å². The second kappa shape index (κ2) is 6.63. The van der Waals surface area contributed by atoms with E-state index in [-0.39, 0.29) is 11.9 Å². The lowest BCUT2D eigenvalue weighted by molar-refractivity contribution is 0.480. The van der Waals surface area contributed by atoms with Gasteiger partial charge in [0.2, 0.25) is 0 Å². The molecule has 0 amide bonds. The van der Waals surface area contributed by atoms with Crippen LogP contribution in [0.15, 0.2) is 30.3 Å². The van der Waals surface area contributed by atoms with Crippen molar-refractivity contribution in [1.29, 1.82) is 0 Å². The van der Waals surface area contributed by atoms with Gasteiger partial charge in [-0.3, -0.25) is 16.0 Å². The van der Waals surface area contributed by atoms with Crippen LogP contribution in [-0.4, -0.2) is 9.78 Å². The van der Waals surface area contributed by atoms with Crippen molar-refractivity contribution in [3.8, 4) is 0 Å². The van der Waals surface area contributed by atoms with Crippen LogP contribution in [0, 0.1) is 5.82 Å². The zero-order chi connectivity index (χ0) is 14.5. The van der Waals surface area contributed by atoms with Gasteiger partial charge in [-0.1, -0.05) is 25.1 Å². The van der Waals surface area contributed by atoms with Crippen LogP contribution in [-0.2, 0) is 19.4 Å². The monoisotopic (exact) mass is 276 g/mol. The summed E-state index contributed by atoms with van der Waals surface area (Å²) >= 11 is 0. The van der Waals surface area contributed by atoms with Gasteiger partial charge in [0.25, 0.3) is 0 Å². The number of hydrogen-bond donors (Lipinski definition) is 2. The van der Waals surface area contributed by atoms with Crippen LogP contribution in [0.1, 0.15) is 36.8 Å². The topological polar surface area (TPSA) is 55.9 Å². The molecule has 0 fully saturated rings. The summed E-state index contributed by atoms with van der Waals surface area (Å²) in [5.41, 5.74) is 5.45. The van der Waals surface area contributed by atoms with E-state index in [1.54, 1.807) is 12.1 Å². The van der Waals surface area contributed by atoms with E-state index in [0.29, 0.717) is 12.0 Å². The highest BCUT2D eigenvalue weighted by molar-refractivity contribution is 5.22. The standard InChI is InChI=1S/C15H21FN4/c1-3-12-10-15(20(4-2)19-12)14(18-17)9-11-7-5-6-8-13(11)16/h5-8,10,14,18H,3-4,9,17H2,1-2H3. The first-order valence-corrected chi connectivity index (χ1v) is 6.95. The average molecular weight is 276 g/mol. The van der Waals surface area contributed by atoms with Crippen LogP contribution in [0.2, 0.25) is 0 Å². The molecule has 0 spiro atoms. The van der Waals surface area contributed by atoms with Gasteiger partial charge in [0, 0.05) is 6.54 Å². The van der Waals surface area contributed by atoms with Crippen molar-refractivity contribution in [2.45, 2.75) is 39.3 Å². The third-order valence-electron chi connectivity index (χ3n) is 3.46. The van der Waals surface area contributed by atoms with Gasteiger partial charge in [0.15, 0.2) is 0 Å². The van der Waals surface area contributed by atoms with Gasteiger partial charge in [-0.25, -0.2) is 4.39 Å². The number of nitrogens with two attached hydrogens (primary N) is 1. The number of hydrazine groups is 1. The van der Waals surface area contributed by atoms with Crippen molar-refractivity contribution in [2.24, 2.45) is 5.84 Å². The Morgan fingerprint density at radius 2 is 2.10 bits per heavy atom. The fourth-order valence-corrected chi connectivity index (χ4v) is 2.33. The summed E-state index contributed by atoms with van der Waals surface area (Å²) in [7, 11) is 0. The molecule has 0 aliphatic heterocycles. The predicted molar refractivity (Wildman–Crippen MR) is 77.4 cm³/mol. The number of halogens is 1. The van der Waals surface area contributed by atoms with Crippen molar-refractivity contribution in [2.75, 3.05) is 0 Å². The minimum absolute atomic E-state index is 0.153. The first-order chi connectivity index (χ1) is 9.69. The molecular formula is C15H21FN4. The first kappa shape index (κ1) is 14.7. The van der Waals surface area contributed by atoms with Crippen molar-refractivity contribution in [3.05, 3.63) is 53.1 Å². The predicted octanol–water partition coefficient (Wildman–Crippen LogP) is 2.35. The third kappa shape index (κ3) is 3.05. The Hall–Kier alpha value is -1.72. The summed E-state index contributed by atoms with van der Waals surface area (Å²) in [6.45, 7) is 4.87. The fraction of sp³-hybridized carbons (Fsp3) is 0.400. The number of aryl methyl sites for hydroxylation is 2. The Kier molecular flexibility index (Phi) is 4.87. The fourth-order valence-electron chi connectivity index (χ4n) is 2.33. The lowest BCUT2D eigenvalue weighted by Gasteiger charge is -2.17. The lowest BCUT2D eigenvalue weighted by Crippen LogP contribution is -2.31. The maximum Gasteiger partial charge on any atom is 0.126 e. The quantitative estimate of drug-likeness (QED) is 0.629. The Morgan fingerprint density at radius 3 is 2.70 bits per heavy atom. The molecule has 0 bridgehead atoms. The van der Waals surface area contributed by atoms with E-state index in [9.17, 15) is 4.39 Å². The summed E-state index contributed by atoms with van der Waals surface area (Å²) in [6.07, 6.45) is 1.37. The zero-order valence-corrected chi connectivity index (χ0v) is 11.9. The maximum atomic E-state index is 13.8. The van der Waals surface area contributed by atoms with Crippen molar-refractivity contribution < 1.29 is 4.39 Å². The molecule has 0 radical (unpaired) electrons. The zero-order valence-electron chi connectivity index (χ0n) is 11.9. The summed E-state index contributed by atoms with van der Waals surface area (Å²) in [5.74, 6) is 5.46. The van der Waals surface area contributed by atoms with Crippen LogP contribution in [0.3, 0.4) is 0 Å². The minimum Gasteiger partial charge on any atom is -0.271 e. The van der Waals surface area contributed by atoms with Crippen LogP contribution in [0.5, 0.6) is 0 Å². The number of rotatable bonds is 6. The number of hydrogen-bond acceptors (Lipinski definition) is 3. The number of nitrogens with zero attached hydrogens (tertiary/aromatic N) is 2. The van der Waals surface area contributed by atoms with Crippen LogP contribution >= 0.6 is 0 Å². The summed E-state index contributed by atoms with van der Waals surface area (Å²) in [4.78, 5) is 0. The van der Waals surface area contributed by atoms with Crippen LogP contribution in [0.25, 0.3) is 0 Å². The van der Waals surface area contributed by atoms with Gasteiger partial charge in [-0.15, -0.1) is 0 Å². The maximum absolute atomic E-state index is 13.8. The molecule has 0 saturated carbocycles. The van der Waals surface area contributed by atoms with E-state index < -0.39 is 0 Å². The highest BCUT2D eigenvalue weighted by atomic mass is 19.1. The molecule has 0 aliphatic carbocycles. The van der Waals surface area contributed by atoms with E-state index in [4.69, 9.17) is 5.84 Å². The highest BCUT2D eigenvalue weighted by Gasteiger charge is 2.18. The van der Waals surface area contributed by atoms with E-state index in [0.717, 1.165) is 24.4 Å². The minimum atomic E-state index is -0.203. The number of aromatic nitrogens is 2. The molecule has 5 heteroatoms. The molecule has 1 unspecified atom stereocenters. The molecule has 4 nitrogen and oxygen atoms in total. The number of nitrogens with one attached hydrogen (secondary N) is 1. The Balaban J connectivity index is 2.28. The summed E-state index contributed by atoms with van der Waals surface area (Å²) in [5, 5.41) is 4.51.